The molecule has 0 bridgehead atoms. The summed E-state index contributed by atoms with van der Waals surface area (Å²) in [6, 6.07) is 0. The number of aliphatic hydroxyl groups excluding tert-OH is 1. The molecule has 0 saturated heterocycles. The molecule has 2 rings (SSSR count). The Bertz CT molecular complexity index is 396. The smallest absolute Gasteiger partial charge is 0.155 e. The van der Waals surface area contributed by atoms with Crippen molar-refractivity contribution in [3.63, 3.8) is 0 Å². The first kappa shape index (κ1) is 8.19. The molecule has 0 fully saturated rings. The molecule has 0 saturated carbocycles. The van der Waals surface area contributed by atoms with Crippen molar-refractivity contribution in [3.05, 3.63) is 30.5 Å². The monoisotopic (exact) mass is 177 g/mol. The molecular formula is C9H11N3O. The van der Waals surface area contributed by atoms with Gasteiger partial charge in [0.05, 0.1) is 6.20 Å². The molecule has 0 unspecified atom stereocenters. The molecule has 13 heavy (non-hydrogen) atoms. The quantitative estimate of drug-likeness (QED) is 0.749. The Morgan fingerprint density at radius 2 is 2.31 bits per heavy atom. The van der Waals surface area contributed by atoms with Crippen LogP contribution < -0.4 is 0 Å². The fraction of sp³-hybridized carbons (Fsp3) is 0.333. The normalized spacial score (nSPS) is 10.8. The Morgan fingerprint density at radius 1 is 1.38 bits per heavy atom. The molecule has 2 heterocycles. The Labute approximate surface area is 75.9 Å². The SMILES string of the molecule is OCCCc1cnc2cnccn12. The lowest BCUT2D eigenvalue weighted by atomic mass is 10.2. The Morgan fingerprint density at radius 3 is 3.15 bits per heavy atom. The standard InChI is InChI=1S/C9H11N3O/c13-5-1-2-8-6-11-9-7-10-3-4-12(8)9/h3-4,6-7,13H,1-2,5H2. The number of fused-ring (bicyclic) bond motifs is 1. The van der Waals surface area contributed by atoms with E-state index in [0.717, 1.165) is 24.2 Å². The number of rotatable bonds is 3. The highest BCUT2D eigenvalue weighted by molar-refractivity contribution is 5.36. The molecule has 4 heteroatoms. The highest BCUT2D eigenvalue weighted by Crippen LogP contribution is 2.06. The van der Waals surface area contributed by atoms with Crippen LogP contribution in [0.1, 0.15) is 12.1 Å². The van der Waals surface area contributed by atoms with E-state index < -0.39 is 0 Å². The zero-order valence-electron chi connectivity index (χ0n) is 7.22. The van der Waals surface area contributed by atoms with E-state index in [4.69, 9.17) is 5.11 Å². The van der Waals surface area contributed by atoms with Crippen LogP contribution in [0.3, 0.4) is 0 Å². The summed E-state index contributed by atoms with van der Waals surface area (Å²) in [7, 11) is 0. The fourth-order valence-electron chi connectivity index (χ4n) is 1.34. The first-order chi connectivity index (χ1) is 6.42. The van der Waals surface area contributed by atoms with Gasteiger partial charge in [-0.2, -0.15) is 0 Å². The highest BCUT2D eigenvalue weighted by atomic mass is 16.2. The van der Waals surface area contributed by atoms with Crippen LogP contribution >= 0.6 is 0 Å². The molecule has 2 aromatic rings. The van der Waals surface area contributed by atoms with Crippen LogP contribution in [0.2, 0.25) is 0 Å². The van der Waals surface area contributed by atoms with E-state index in [1.54, 1.807) is 12.4 Å². The molecule has 0 aromatic carbocycles. The lowest BCUT2D eigenvalue weighted by Crippen LogP contribution is -1.94. The van der Waals surface area contributed by atoms with Gasteiger partial charge in [-0.3, -0.25) is 4.98 Å². The second-order valence-electron chi connectivity index (χ2n) is 2.88. The van der Waals surface area contributed by atoms with Crippen LogP contribution in [0.4, 0.5) is 0 Å². The van der Waals surface area contributed by atoms with Gasteiger partial charge in [0.15, 0.2) is 5.65 Å². The van der Waals surface area contributed by atoms with Gasteiger partial charge < -0.3 is 9.51 Å². The first-order valence-electron chi connectivity index (χ1n) is 4.28. The Balaban J connectivity index is 2.35. The van der Waals surface area contributed by atoms with Gasteiger partial charge in [-0.1, -0.05) is 0 Å². The number of aryl methyl sites for hydroxylation is 1. The molecule has 0 aliphatic heterocycles. The third kappa shape index (κ3) is 1.53. The van der Waals surface area contributed by atoms with Gasteiger partial charge in [0.2, 0.25) is 0 Å². The van der Waals surface area contributed by atoms with Gasteiger partial charge in [-0.25, -0.2) is 4.98 Å². The number of aromatic nitrogens is 3. The summed E-state index contributed by atoms with van der Waals surface area (Å²) < 4.78 is 1.99. The minimum Gasteiger partial charge on any atom is -0.396 e. The topological polar surface area (TPSA) is 50.4 Å². The third-order valence-electron chi connectivity index (χ3n) is 1.98. The fourth-order valence-corrected chi connectivity index (χ4v) is 1.34. The van der Waals surface area contributed by atoms with Crippen LogP contribution in [-0.4, -0.2) is 26.1 Å². The summed E-state index contributed by atoms with van der Waals surface area (Å²) in [5.41, 5.74) is 1.97. The number of hydrogen-bond donors (Lipinski definition) is 1. The van der Waals surface area contributed by atoms with Gasteiger partial charge in [-0.05, 0) is 12.8 Å². The van der Waals surface area contributed by atoms with Gasteiger partial charge in [0.1, 0.15) is 0 Å². The van der Waals surface area contributed by atoms with Crippen LogP contribution in [-0.2, 0) is 6.42 Å². The number of imidazole rings is 1. The predicted molar refractivity (Wildman–Crippen MR) is 48.4 cm³/mol. The van der Waals surface area contributed by atoms with Gasteiger partial charge >= 0.3 is 0 Å². The average Bonchev–Trinajstić information content (AvgIpc) is 2.58. The van der Waals surface area contributed by atoms with Crippen molar-refractivity contribution in [2.45, 2.75) is 12.8 Å². The van der Waals surface area contributed by atoms with Gasteiger partial charge in [0.25, 0.3) is 0 Å². The molecule has 0 aliphatic carbocycles. The summed E-state index contributed by atoms with van der Waals surface area (Å²) >= 11 is 0. The maximum absolute atomic E-state index is 8.70. The summed E-state index contributed by atoms with van der Waals surface area (Å²) in [4.78, 5) is 8.16. The van der Waals surface area contributed by atoms with E-state index >= 15 is 0 Å². The van der Waals surface area contributed by atoms with E-state index in [9.17, 15) is 0 Å². The minimum atomic E-state index is 0.221. The largest absolute Gasteiger partial charge is 0.396 e. The van der Waals surface area contributed by atoms with Crippen molar-refractivity contribution in [3.8, 4) is 0 Å². The molecule has 1 N–H and O–H groups in total. The van der Waals surface area contributed by atoms with Crippen molar-refractivity contribution < 1.29 is 5.11 Å². The molecule has 0 atom stereocenters. The van der Waals surface area contributed by atoms with Crippen molar-refractivity contribution in [1.29, 1.82) is 0 Å². The van der Waals surface area contributed by atoms with Crippen molar-refractivity contribution in [1.82, 2.24) is 14.4 Å². The van der Waals surface area contributed by atoms with E-state index in [-0.39, 0.29) is 6.61 Å². The second kappa shape index (κ2) is 3.53. The summed E-state index contributed by atoms with van der Waals surface area (Å²) in [5.74, 6) is 0. The minimum absolute atomic E-state index is 0.221. The predicted octanol–water partition coefficient (Wildman–Crippen LogP) is 0.654. The van der Waals surface area contributed by atoms with Crippen LogP contribution in [0.15, 0.2) is 24.8 Å². The zero-order valence-corrected chi connectivity index (χ0v) is 7.22. The van der Waals surface area contributed by atoms with Gasteiger partial charge in [0, 0.05) is 30.9 Å². The summed E-state index contributed by atoms with van der Waals surface area (Å²) in [6.07, 6.45) is 8.79. The number of aliphatic hydroxyl groups is 1. The number of nitrogens with zero attached hydrogens (tertiary/aromatic N) is 3. The van der Waals surface area contributed by atoms with Gasteiger partial charge in [-0.15, -0.1) is 0 Å². The van der Waals surface area contributed by atoms with Crippen molar-refractivity contribution in [2.24, 2.45) is 0 Å². The average molecular weight is 177 g/mol. The van der Waals surface area contributed by atoms with Crippen LogP contribution in [0.5, 0.6) is 0 Å². The molecule has 0 amide bonds. The van der Waals surface area contributed by atoms with Crippen molar-refractivity contribution >= 4 is 5.65 Å². The molecule has 0 spiro atoms. The van der Waals surface area contributed by atoms with E-state index in [1.807, 2.05) is 16.8 Å². The Kier molecular flexibility index (Phi) is 2.23. The zero-order chi connectivity index (χ0) is 9.10. The summed E-state index contributed by atoms with van der Waals surface area (Å²) in [5, 5.41) is 8.70. The molecule has 4 nitrogen and oxygen atoms in total. The van der Waals surface area contributed by atoms with Crippen LogP contribution in [0, 0.1) is 0 Å². The molecule has 0 aliphatic rings. The third-order valence-corrected chi connectivity index (χ3v) is 1.98. The first-order valence-corrected chi connectivity index (χ1v) is 4.28. The maximum atomic E-state index is 8.70. The lowest BCUT2D eigenvalue weighted by Gasteiger charge is -1.98. The summed E-state index contributed by atoms with van der Waals surface area (Å²) in [6.45, 7) is 0.221. The van der Waals surface area contributed by atoms with E-state index in [2.05, 4.69) is 9.97 Å². The lowest BCUT2D eigenvalue weighted by molar-refractivity contribution is 0.288. The van der Waals surface area contributed by atoms with Crippen LogP contribution in [0.25, 0.3) is 5.65 Å². The Hall–Kier alpha value is -1.42. The molecular weight excluding hydrogens is 166 g/mol. The maximum Gasteiger partial charge on any atom is 0.155 e. The van der Waals surface area contributed by atoms with E-state index in [1.165, 1.54) is 0 Å². The van der Waals surface area contributed by atoms with Crippen molar-refractivity contribution in [2.75, 3.05) is 6.61 Å². The highest BCUT2D eigenvalue weighted by Gasteiger charge is 2.00. The molecule has 0 radical (unpaired) electrons. The number of hydrogen-bond acceptors (Lipinski definition) is 3. The molecule has 2 aromatic heterocycles. The second-order valence-corrected chi connectivity index (χ2v) is 2.88. The van der Waals surface area contributed by atoms with E-state index in [0.29, 0.717) is 0 Å². The molecule has 68 valence electrons.